The Hall–Kier alpha value is -1.39. The molecule has 0 aliphatic carbocycles. The third-order valence-electron chi connectivity index (χ3n) is 4.28. The molecular formula is C16H22N2O2. The average Bonchev–Trinajstić information content (AvgIpc) is 2.89. The predicted molar refractivity (Wildman–Crippen MR) is 77.3 cm³/mol. The van der Waals surface area contributed by atoms with Crippen molar-refractivity contribution in [3.63, 3.8) is 0 Å². The molecule has 0 radical (unpaired) electrons. The molecule has 2 heterocycles. The molecule has 2 aliphatic heterocycles. The van der Waals surface area contributed by atoms with Crippen molar-refractivity contribution in [3.8, 4) is 0 Å². The number of hydrogen-bond acceptors (Lipinski definition) is 3. The first-order valence-electron chi connectivity index (χ1n) is 7.46. The van der Waals surface area contributed by atoms with Gasteiger partial charge in [-0.3, -0.25) is 9.69 Å². The highest BCUT2D eigenvalue weighted by atomic mass is 16.5. The van der Waals surface area contributed by atoms with E-state index in [2.05, 4.69) is 34.5 Å². The van der Waals surface area contributed by atoms with Crippen molar-refractivity contribution < 1.29 is 9.53 Å². The highest BCUT2D eigenvalue weighted by Crippen LogP contribution is 2.30. The molecule has 3 atom stereocenters. The highest BCUT2D eigenvalue weighted by molar-refractivity contribution is 5.75. The summed E-state index contributed by atoms with van der Waals surface area (Å²) in [6.07, 6.45) is 1.73. The molecular weight excluding hydrogens is 252 g/mol. The van der Waals surface area contributed by atoms with Gasteiger partial charge in [0.1, 0.15) is 0 Å². The van der Waals surface area contributed by atoms with Crippen LogP contribution >= 0.6 is 0 Å². The second-order valence-corrected chi connectivity index (χ2v) is 5.69. The van der Waals surface area contributed by atoms with Crippen LogP contribution in [0.2, 0.25) is 0 Å². The number of nitrogens with zero attached hydrogens (tertiary/aromatic N) is 1. The predicted octanol–water partition coefficient (Wildman–Crippen LogP) is 1.73. The number of fused-ring (bicyclic) bond motifs is 1. The van der Waals surface area contributed by atoms with Crippen LogP contribution in [0, 0.1) is 0 Å². The van der Waals surface area contributed by atoms with Crippen molar-refractivity contribution >= 4 is 5.91 Å². The number of amides is 1. The first-order chi connectivity index (χ1) is 9.76. The number of carbonyl (C=O) groups excluding carboxylic acids is 1. The fraction of sp³-hybridized carbons (Fsp3) is 0.562. The Morgan fingerprint density at radius 1 is 1.35 bits per heavy atom. The summed E-state index contributed by atoms with van der Waals surface area (Å²) in [5.74, 6) is 0.148. The maximum absolute atomic E-state index is 11.5. The van der Waals surface area contributed by atoms with Gasteiger partial charge in [-0.1, -0.05) is 37.3 Å². The molecule has 4 nitrogen and oxygen atoms in total. The van der Waals surface area contributed by atoms with Gasteiger partial charge in [0.05, 0.1) is 12.7 Å². The van der Waals surface area contributed by atoms with Gasteiger partial charge in [0.25, 0.3) is 0 Å². The summed E-state index contributed by atoms with van der Waals surface area (Å²) in [5.41, 5.74) is 1.24. The van der Waals surface area contributed by atoms with Gasteiger partial charge in [-0.2, -0.15) is 0 Å². The molecule has 0 aromatic heterocycles. The summed E-state index contributed by atoms with van der Waals surface area (Å²) in [6, 6.07) is 11.1. The molecule has 1 amide bonds. The van der Waals surface area contributed by atoms with E-state index in [0.29, 0.717) is 12.5 Å². The number of nitrogens with one attached hydrogen (secondary N) is 1. The van der Waals surface area contributed by atoms with Crippen LogP contribution in [0.5, 0.6) is 0 Å². The summed E-state index contributed by atoms with van der Waals surface area (Å²) in [5, 5.41) is 3.10. The Morgan fingerprint density at radius 3 is 2.90 bits per heavy atom. The van der Waals surface area contributed by atoms with Crippen molar-refractivity contribution in [2.75, 3.05) is 19.7 Å². The quantitative estimate of drug-likeness (QED) is 0.912. The summed E-state index contributed by atoms with van der Waals surface area (Å²) in [4.78, 5) is 14.0. The number of benzene rings is 1. The van der Waals surface area contributed by atoms with Gasteiger partial charge in [-0.05, 0) is 12.0 Å². The van der Waals surface area contributed by atoms with E-state index in [4.69, 9.17) is 4.74 Å². The Kier molecular flexibility index (Phi) is 4.03. The molecule has 2 fully saturated rings. The van der Waals surface area contributed by atoms with E-state index in [-0.39, 0.29) is 18.1 Å². The maximum Gasteiger partial charge on any atom is 0.219 e. The van der Waals surface area contributed by atoms with E-state index < -0.39 is 0 Å². The Labute approximate surface area is 120 Å². The highest BCUT2D eigenvalue weighted by Gasteiger charge is 2.38. The van der Waals surface area contributed by atoms with Crippen LogP contribution < -0.4 is 5.32 Å². The van der Waals surface area contributed by atoms with Crippen LogP contribution in [0.3, 0.4) is 0 Å². The second kappa shape index (κ2) is 5.94. The van der Waals surface area contributed by atoms with Crippen LogP contribution in [0.15, 0.2) is 30.3 Å². The molecule has 1 aromatic rings. The lowest BCUT2D eigenvalue weighted by atomic mass is 10.1. The molecule has 0 saturated carbocycles. The van der Waals surface area contributed by atoms with Crippen LogP contribution in [0.1, 0.15) is 31.4 Å². The van der Waals surface area contributed by atoms with E-state index in [1.54, 1.807) is 0 Å². The Morgan fingerprint density at radius 2 is 2.15 bits per heavy atom. The Balaban J connectivity index is 1.60. The SMILES string of the molecule is CCC(=O)N[C@@H]1C[C@H]2CO[C@@H](c3ccccc3)CN2C1. The summed E-state index contributed by atoms with van der Waals surface area (Å²) < 4.78 is 6.00. The van der Waals surface area contributed by atoms with Gasteiger partial charge in [0, 0.05) is 31.6 Å². The molecule has 1 N–H and O–H groups in total. The zero-order valence-corrected chi connectivity index (χ0v) is 11.9. The van der Waals surface area contributed by atoms with Crippen molar-refractivity contribution in [2.24, 2.45) is 0 Å². The largest absolute Gasteiger partial charge is 0.371 e. The van der Waals surface area contributed by atoms with Gasteiger partial charge >= 0.3 is 0 Å². The van der Waals surface area contributed by atoms with Crippen molar-refractivity contribution in [3.05, 3.63) is 35.9 Å². The molecule has 0 unspecified atom stereocenters. The normalized spacial score (nSPS) is 29.9. The van der Waals surface area contributed by atoms with Crippen molar-refractivity contribution in [2.45, 2.75) is 38.0 Å². The van der Waals surface area contributed by atoms with Crippen LogP contribution in [-0.4, -0.2) is 42.6 Å². The third kappa shape index (κ3) is 2.86. The van der Waals surface area contributed by atoms with Crippen molar-refractivity contribution in [1.82, 2.24) is 10.2 Å². The molecule has 3 rings (SSSR count). The summed E-state index contributed by atoms with van der Waals surface area (Å²) in [6.45, 7) is 4.53. The summed E-state index contributed by atoms with van der Waals surface area (Å²) in [7, 11) is 0. The molecule has 2 aliphatic rings. The lowest BCUT2D eigenvalue weighted by Gasteiger charge is -2.35. The molecule has 0 spiro atoms. The minimum Gasteiger partial charge on any atom is -0.371 e. The molecule has 2 saturated heterocycles. The first-order valence-corrected chi connectivity index (χ1v) is 7.46. The second-order valence-electron chi connectivity index (χ2n) is 5.69. The zero-order valence-electron chi connectivity index (χ0n) is 11.9. The van der Waals surface area contributed by atoms with Gasteiger partial charge in [0.15, 0.2) is 0 Å². The van der Waals surface area contributed by atoms with E-state index in [1.165, 1.54) is 5.56 Å². The maximum atomic E-state index is 11.5. The zero-order chi connectivity index (χ0) is 13.9. The smallest absolute Gasteiger partial charge is 0.219 e. The molecule has 1 aromatic carbocycles. The fourth-order valence-corrected chi connectivity index (χ4v) is 3.18. The molecule has 20 heavy (non-hydrogen) atoms. The van der Waals surface area contributed by atoms with Crippen molar-refractivity contribution in [1.29, 1.82) is 0 Å². The monoisotopic (exact) mass is 274 g/mol. The number of rotatable bonds is 3. The van der Waals surface area contributed by atoms with Crippen LogP contribution in [-0.2, 0) is 9.53 Å². The minimum atomic E-state index is 0.148. The minimum absolute atomic E-state index is 0.148. The van der Waals surface area contributed by atoms with Crippen LogP contribution in [0.4, 0.5) is 0 Å². The van der Waals surface area contributed by atoms with E-state index in [1.807, 2.05) is 13.0 Å². The number of ether oxygens (including phenoxy) is 1. The number of carbonyl (C=O) groups is 1. The standard InChI is InChI=1S/C16H22N2O2/c1-2-16(19)17-13-8-14-11-20-15(10-18(14)9-13)12-6-4-3-5-7-12/h3-7,13-15H,2,8-11H2,1H3,(H,17,19)/t13-,14+,15-/m1/s1. The Bertz CT molecular complexity index is 463. The lowest BCUT2D eigenvalue weighted by molar-refractivity contribution is -0.121. The topological polar surface area (TPSA) is 41.6 Å². The molecule has 0 bridgehead atoms. The van der Waals surface area contributed by atoms with E-state index >= 15 is 0 Å². The number of hydrogen-bond donors (Lipinski definition) is 1. The van der Waals surface area contributed by atoms with E-state index in [0.717, 1.165) is 26.1 Å². The van der Waals surface area contributed by atoms with Gasteiger partial charge in [0.2, 0.25) is 5.91 Å². The number of morpholine rings is 1. The van der Waals surface area contributed by atoms with Crippen LogP contribution in [0.25, 0.3) is 0 Å². The molecule has 108 valence electrons. The van der Waals surface area contributed by atoms with Gasteiger partial charge in [-0.25, -0.2) is 0 Å². The fourth-order valence-electron chi connectivity index (χ4n) is 3.18. The molecule has 4 heteroatoms. The third-order valence-corrected chi connectivity index (χ3v) is 4.28. The average molecular weight is 274 g/mol. The summed E-state index contributed by atoms with van der Waals surface area (Å²) >= 11 is 0. The van der Waals surface area contributed by atoms with E-state index in [9.17, 15) is 4.79 Å². The van der Waals surface area contributed by atoms with Gasteiger partial charge in [-0.15, -0.1) is 0 Å². The lowest BCUT2D eigenvalue weighted by Crippen LogP contribution is -2.43. The van der Waals surface area contributed by atoms with Gasteiger partial charge < -0.3 is 10.1 Å². The first kappa shape index (κ1) is 13.6.